The summed E-state index contributed by atoms with van der Waals surface area (Å²) in [6, 6.07) is 4.42. The van der Waals surface area contributed by atoms with Crippen molar-refractivity contribution in [1.82, 2.24) is 9.55 Å². The summed E-state index contributed by atoms with van der Waals surface area (Å²) < 4.78 is 7.70. The summed E-state index contributed by atoms with van der Waals surface area (Å²) in [6.07, 6.45) is 5.39. The summed E-state index contributed by atoms with van der Waals surface area (Å²) in [4.78, 5) is 4.49. The van der Waals surface area contributed by atoms with Gasteiger partial charge >= 0.3 is 0 Å². The molecule has 2 heterocycles. The molecule has 1 aliphatic carbocycles. The number of pyridine rings is 1. The van der Waals surface area contributed by atoms with Gasteiger partial charge in [0, 0.05) is 23.0 Å². The minimum Gasteiger partial charge on any atom is -0.491 e. The number of ether oxygens (including phenoxy) is 1. The fourth-order valence-electron chi connectivity index (χ4n) is 2.71. The van der Waals surface area contributed by atoms with E-state index in [4.69, 9.17) is 4.74 Å². The number of alkyl halides is 1. The Morgan fingerprint density at radius 2 is 2.37 bits per heavy atom. The molecule has 1 fully saturated rings. The molecule has 0 amide bonds. The van der Waals surface area contributed by atoms with Crippen LogP contribution in [0.2, 0.25) is 0 Å². The first kappa shape index (κ1) is 12.9. The van der Waals surface area contributed by atoms with Crippen molar-refractivity contribution in [2.24, 2.45) is 0 Å². The lowest BCUT2D eigenvalue weighted by molar-refractivity contribution is -0.0498. The maximum Gasteiger partial charge on any atom is 0.140 e. The molecule has 0 saturated heterocycles. The van der Waals surface area contributed by atoms with Crippen molar-refractivity contribution in [2.75, 3.05) is 11.9 Å². The third-order valence-electron chi connectivity index (χ3n) is 3.62. The standard InChI is InChI=1S/C14H17BrN2O2/c1-14(18)7-11(8-14)17-4-2-10-6-12(19-5-3-15)9-16-13(10)17/h2,4,6,9,11,18H,3,5,7-8H2,1H3. The predicted molar refractivity (Wildman–Crippen MR) is 77.9 cm³/mol. The Balaban J connectivity index is 1.84. The molecule has 1 aliphatic rings. The first-order valence-electron chi connectivity index (χ1n) is 6.47. The van der Waals surface area contributed by atoms with Crippen LogP contribution in [0.5, 0.6) is 5.75 Å². The average molecular weight is 325 g/mol. The van der Waals surface area contributed by atoms with Gasteiger partial charge in [-0.1, -0.05) is 15.9 Å². The van der Waals surface area contributed by atoms with E-state index in [2.05, 4.69) is 31.5 Å². The van der Waals surface area contributed by atoms with Gasteiger partial charge in [-0.2, -0.15) is 0 Å². The van der Waals surface area contributed by atoms with E-state index in [1.165, 1.54) is 0 Å². The fourth-order valence-corrected chi connectivity index (χ4v) is 2.87. The van der Waals surface area contributed by atoms with Crippen molar-refractivity contribution in [3.05, 3.63) is 24.5 Å². The number of nitrogens with zero attached hydrogens (tertiary/aromatic N) is 2. The van der Waals surface area contributed by atoms with Crippen molar-refractivity contribution >= 4 is 27.0 Å². The van der Waals surface area contributed by atoms with E-state index in [1.54, 1.807) is 6.20 Å². The van der Waals surface area contributed by atoms with Gasteiger partial charge in [-0.05, 0) is 31.9 Å². The van der Waals surface area contributed by atoms with E-state index >= 15 is 0 Å². The largest absolute Gasteiger partial charge is 0.491 e. The SMILES string of the molecule is CC1(O)CC(n2ccc3cc(OCCBr)cnc32)C1. The molecule has 0 aliphatic heterocycles. The van der Waals surface area contributed by atoms with Crippen LogP contribution in [0.15, 0.2) is 24.5 Å². The van der Waals surface area contributed by atoms with Gasteiger partial charge in [0.05, 0.1) is 18.4 Å². The number of hydrogen-bond acceptors (Lipinski definition) is 3. The van der Waals surface area contributed by atoms with Crippen LogP contribution in [-0.2, 0) is 0 Å². The van der Waals surface area contributed by atoms with Crippen molar-refractivity contribution in [3.8, 4) is 5.75 Å². The molecule has 0 radical (unpaired) electrons. The second-order valence-corrected chi connectivity index (χ2v) is 6.20. The van der Waals surface area contributed by atoms with Crippen molar-refractivity contribution in [3.63, 3.8) is 0 Å². The van der Waals surface area contributed by atoms with Gasteiger partial charge in [-0.3, -0.25) is 0 Å². The molecular formula is C14H17BrN2O2. The first-order valence-corrected chi connectivity index (χ1v) is 7.59. The third kappa shape index (κ3) is 2.49. The summed E-state index contributed by atoms with van der Waals surface area (Å²) in [5.74, 6) is 0.797. The second-order valence-electron chi connectivity index (χ2n) is 5.40. The fraction of sp³-hybridized carbons (Fsp3) is 0.500. The average Bonchev–Trinajstić information content (AvgIpc) is 2.76. The highest BCUT2D eigenvalue weighted by Crippen LogP contribution is 2.42. The smallest absolute Gasteiger partial charge is 0.140 e. The highest BCUT2D eigenvalue weighted by Gasteiger charge is 2.39. The van der Waals surface area contributed by atoms with Gasteiger partial charge in [0.25, 0.3) is 0 Å². The molecule has 2 aromatic rings. The Bertz CT molecular complexity index is 586. The molecule has 0 aromatic carbocycles. The summed E-state index contributed by atoms with van der Waals surface area (Å²) in [5, 5.41) is 11.7. The van der Waals surface area contributed by atoms with E-state index < -0.39 is 5.60 Å². The second kappa shape index (κ2) is 4.80. The minimum atomic E-state index is -0.514. The zero-order valence-corrected chi connectivity index (χ0v) is 12.4. The van der Waals surface area contributed by atoms with Crippen LogP contribution in [0.4, 0.5) is 0 Å². The number of aromatic nitrogens is 2. The van der Waals surface area contributed by atoms with Crippen LogP contribution in [0.25, 0.3) is 11.0 Å². The lowest BCUT2D eigenvalue weighted by Gasteiger charge is -2.41. The van der Waals surface area contributed by atoms with Gasteiger partial charge in [0.15, 0.2) is 0 Å². The maximum absolute atomic E-state index is 9.84. The molecule has 19 heavy (non-hydrogen) atoms. The molecule has 2 aromatic heterocycles. The monoisotopic (exact) mass is 324 g/mol. The lowest BCUT2D eigenvalue weighted by Crippen LogP contribution is -2.41. The van der Waals surface area contributed by atoms with Crippen LogP contribution >= 0.6 is 15.9 Å². The van der Waals surface area contributed by atoms with E-state index in [-0.39, 0.29) is 0 Å². The van der Waals surface area contributed by atoms with Gasteiger partial charge < -0.3 is 14.4 Å². The first-order chi connectivity index (χ1) is 9.09. The molecule has 4 nitrogen and oxygen atoms in total. The third-order valence-corrected chi connectivity index (χ3v) is 3.94. The highest BCUT2D eigenvalue weighted by atomic mass is 79.9. The van der Waals surface area contributed by atoms with Crippen LogP contribution in [0, 0.1) is 0 Å². The normalized spacial score (nSPS) is 26.4. The Morgan fingerprint density at radius 3 is 3.05 bits per heavy atom. The number of aliphatic hydroxyl groups is 1. The Labute approximate surface area is 120 Å². The molecule has 0 atom stereocenters. The van der Waals surface area contributed by atoms with Gasteiger partial charge in [-0.15, -0.1) is 0 Å². The van der Waals surface area contributed by atoms with E-state index in [0.29, 0.717) is 12.6 Å². The number of rotatable bonds is 4. The number of halogens is 1. The van der Waals surface area contributed by atoms with Gasteiger partial charge in [0.1, 0.15) is 11.4 Å². The number of hydrogen-bond donors (Lipinski definition) is 1. The van der Waals surface area contributed by atoms with Crippen molar-refractivity contribution in [2.45, 2.75) is 31.4 Å². The molecule has 0 spiro atoms. The maximum atomic E-state index is 9.84. The molecule has 102 valence electrons. The van der Waals surface area contributed by atoms with Crippen LogP contribution in [0.1, 0.15) is 25.8 Å². The minimum absolute atomic E-state index is 0.356. The molecule has 1 saturated carbocycles. The summed E-state index contributed by atoms with van der Waals surface area (Å²) in [7, 11) is 0. The molecule has 0 bridgehead atoms. The Morgan fingerprint density at radius 1 is 1.58 bits per heavy atom. The molecule has 0 unspecified atom stereocenters. The predicted octanol–water partition coefficient (Wildman–Crippen LogP) is 2.90. The molecular weight excluding hydrogens is 308 g/mol. The highest BCUT2D eigenvalue weighted by molar-refractivity contribution is 9.09. The van der Waals surface area contributed by atoms with Crippen LogP contribution in [-0.4, -0.2) is 32.2 Å². The van der Waals surface area contributed by atoms with Gasteiger partial charge in [0.2, 0.25) is 0 Å². The van der Waals surface area contributed by atoms with Crippen molar-refractivity contribution in [1.29, 1.82) is 0 Å². The lowest BCUT2D eigenvalue weighted by atomic mass is 9.77. The zero-order chi connectivity index (χ0) is 13.5. The van der Waals surface area contributed by atoms with E-state index in [1.807, 2.05) is 19.2 Å². The van der Waals surface area contributed by atoms with E-state index in [0.717, 1.165) is 35.0 Å². The Kier molecular flexibility index (Phi) is 3.27. The Hall–Kier alpha value is -1.07. The van der Waals surface area contributed by atoms with E-state index in [9.17, 15) is 5.11 Å². The van der Waals surface area contributed by atoms with Crippen LogP contribution < -0.4 is 4.74 Å². The molecule has 1 N–H and O–H groups in total. The quantitative estimate of drug-likeness (QED) is 0.880. The molecule has 3 rings (SSSR count). The van der Waals surface area contributed by atoms with Crippen LogP contribution in [0.3, 0.4) is 0 Å². The number of fused-ring (bicyclic) bond motifs is 1. The molecule has 5 heteroatoms. The van der Waals surface area contributed by atoms with Crippen molar-refractivity contribution < 1.29 is 9.84 Å². The van der Waals surface area contributed by atoms with Gasteiger partial charge in [-0.25, -0.2) is 4.98 Å². The summed E-state index contributed by atoms with van der Waals surface area (Å²) in [5.41, 5.74) is 0.451. The summed E-state index contributed by atoms with van der Waals surface area (Å²) in [6.45, 7) is 2.52. The summed E-state index contributed by atoms with van der Waals surface area (Å²) >= 11 is 3.33. The zero-order valence-electron chi connectivity index (χ0n) is 10.8. The topological polar surface area (TPSA) is 47.3 Å².